The number of nitriles is 1. The highest BCUT2D eigenvalue weighted by atomic mass is 16.2. The monoisotopic (exact) mass is 321 g/mol. The molecule has 1 amide bonds. The van der Waals surface area contributed by atoms with Crippen LogP contribution in [-0.2, 0) is 4.79 Å². The zero-order chi connectivity index (χ0) is 16.9. The van der Waals surface area contributed by atoms with Crippen molar-refractivity contribution in [3.8, 4) is 6.07 Å². The van der Waals surface area contributed by atoms with Gasteiger partial charge in [0.2, 0.25) is 5.91 Å². The highest BCUT2D eigenvalue weighted by Gasteiger charge is 2.33. The van der Waals surface area contributed by atoms with Gasteiger partial charge in [-0.3, -0.25) is 9.69 Å². The Bertz CT molecular complexity index is 761. The zero-order valence-corrected chi connectivity index (χ0v) is 14.0. The Morgan fingerprint density at radius 3 is 2.75 bits per heavy atom. The number of amides is 1. The molecule has 0 saturated heterocycles. The van der Waals surface area contributed by atoms with Gasteiger partial charge in [0, 0.05) is 18.6 Å². The standard InChI is InChI=1S/C20H23N3O/c1-15(17-8-7-16-5-2-3-6-18(16)13-17)23(19-9-10-19)14-20(24)22-12-4-11-21/h2-3,5-8,13,15,19H,4,9-10,12,14H2,1H3,(H,22,24)/t15-/m1/s1. The largest absolute Gasteiger partial charge is 0.354 e. The molecule has 0 heterocycles. The summed E-state index contributed by atoms with van der Waals surface area (Å²) in [5.74, 6) is 0.00443. The maximum atomic E-state index is 12.1. The van der Waals surface area contributed by atoms with Crippen molar-refractivity contribution < 1.29 is 4.79 Å². The lowest BCUT2D eigenvalue weighted by Crippen LogP contribution is -2.40. The molecule has 0 radical (unpaired) electrons. The number of rotatable bonds is 7. The van der Waals surface area contributed by atoms with E-state index in [9.17, 15) is 4.79 Å². The quantitative estimate of drug-likeness (QED) is 0.795. The van der Waals surface area contributed by atoms with Gasteiger partial charge in [-0.1, -0.05) is 36.4 Å². The summed E-state index contributed by atoms with van der Waals surface area (Å²) in [6.07, 6.45) is 2.67. The molecule has 0 spiro atoms. The molecule has 1 aliphatic carbocycles. The van der Waals surface area contributed by atoms with Crippen LogP contribution in [0.1, 0.15) is 37.8 Å². The summed E-state index contributed by atoms with van der Waals surface area (Å²) in [7, 11) is 0. The van der Waals surface area contributed by atoms with Crippen molar-refractivity contribution in [2.75, 3.05) is 13.1 Å². The van der Waals surface area contributed by atoms with E-state index in [0.29, 0.717) is 25.6 Å². The summed E-state index contributed by atoms with van der Waals surface area (Å²) in [6, 6.07) is 17.6. The second-order valence-electron chi connectivity index (χ2n) is 6.44. The van der Waals surface area contributed by atoms with Crippen molar-refractivity contribution in [3.63, 3.8) is 0 Å². The molecule has 0 unspecified atom stereocenters. The molecule has 1 fully saturated rings. The zero-order valence-electron chi connectivity index (χ0n) is 14.0. The van der Waals surface area contributed by atoms with Crippen LogP contribution in [0.15, 0.2) is 42.5 Å². The number of benzene rings is 2. The molecule has 1 atom stereocenters. The van der Waals surface area contributed by atoms with Gasteiger partial charge in [0.1, 0.15) is 0 Å². The van der Waals surface area contributed by atoms with Gasteiger partial charge in [-0.25, -0.2) is 0 Å². The number of nitrogens with one attached hydrogen (secondary N) is 1. The lowest BCUT2D eigenvalue weighted by atomic mass is 10.0. The fourth-order valence-corrected chi connectivity index (χ4v) is 3.13. The van der Waals surface area contributed by atoms with Crippen molar-refractivity contribution >= 4 is 16.7 Å². The number of carbonyl (C=O) groups excluding carboxylic acids is 1. The van der Waals surface area contributed by atoms with Gasteiger partial charge in [0.05, 0.1) is 19.0 Å². The second-order valence-corrected chi connectivity index (χ2v) is 6.44. The minimum atomic E-state index is 0.00443. The van der Waals surface area contributed by atoms with Gasteiger partial charge in [-0.05, 0) is 42.2 Å². The average Bonchev–Trinajstić information content (AvgIpc) is 3.44. The second kappa shape index (κ2) is 7.46. The van der Waals surface area contributed by atoms with Crippen LogP contribution in [0.4, 0.5) is 0 Å². The van der Waals surface area contributed by atoms with Crippen LogP contribution in [0.3, 0.4) is 0 Å². The lowest BCUT2D eigenvalue weighted by molar-refractivity contribution is -0.122. The van der Waals surface area contributed by atoms with Gasteiger partial charge in [-0.15, -0.1) is 0 Å². The SMILES string of the molecule is C[C@H](c1ccc2ccccc2c1)N(CC(=O)NCCC#N)C1CC1. The van der Waals surface area contributed by atoms with E-state index in [1.807, 2.05) is 12.1 Å². The minimum Gasteiger partial charge on any atom is -0.354 e. The van der Waals surface area contributed by atoms with E-state index in [4.69, 9.17) is 5.26 Å². The molecular formula is C20H23N3O. The minimum absolute atomic E-state index is 0.00443. The van der Waals surface area contributed by atoms with E-state index in [1.54, 1.807) is 0 Å². The van der Waals surface area contributed by atoms with Crippen molar-refractivity contribution in [2.24, 2.45) is 0 Å². The van der Waals surface area contributed by atoms with E-state index < -0.39 is 0 Å². The molecule has 0 bridgehead atoms. The number of carbonyl (C=O) groups is 1. The number of fused-ring (bicyclic) bond motifs is 1. The van der Waals surface area contributed by atoms with Crippen LogP contribution < -0.4 is 5.32 Å². The summed E-state index contributed by atoms with van der Waals surface area (Å²) < 4.78 is 0. The molecule has 24 heavy (non-hydrogen) atoms. The van der Waals surface area contributed by atoms with E-state index in [-0.39, 0.29) is 11.9 Å². The Balaban J connectivity index is 1.72. The van der Waals surface area contributed by atoms with Crippen LogP contribution in [0.5, 0.6) is 0 Å². The summed E-state index contributed by atoms with van der Waals surface area (Å²) in [5.41, 5.74) is 1.24. The normalized spacial score (nSPS) is 15.2. The predicted octanol–water partition coefficient (Wildman–Crippen LogP) is 3.40. The lowest BCUT2D eigenvalue weighted by Gasteiger charge is -2.29. The molecule has 4 heteroatoms. The molecule has 0 aliphatic heterocycles. The molecule has 1 aliphatic rings. The maximum absolute atomic E-state index is 12.1. The topological polar surface area (TPSA) is 56.1 Å². The molecule has 2 aromatic rings. The van der Waals surface area contributed by atoms with Crippen molar-refractivity contribution in [1.82, 2.24) is 10.2 Å². The number of nitrogens with zero attached hydrogens (tertiary/aromatic N) is 2. The first-order chi connectivity index (χ1) is 11.7. The third-order valence-electron chi connectivity index (χ3n) is 4.65. The molecule has 3 rings (SSSR count). The third-order valence-corrected chi connectivity index (χ3v) is 4.65. The molecule has 1 saturated carbocycles. The van der Waals surface area contributed by atoms with E-state index in [2.05, 4.69) is 53.5 Å². The first-order valence-electron chi connectivity index (χ1n) is 8.57. The Morgan fingerprint density at radius 1 is 1.29 bits per heavy atom. The smallest absolute Gasteiger partial charge is 0.234 e. The van der Waals surface area contributed by atoms with E-state index in [0.717, 1.165) is 12.8 Å². The van der Waals surface area contributed by atoms with Gasteiger partial charge in [0.25, 0.3) is 0 Å². The first kappa shape index (κ1) is 16.5. The average molecular weight is 321 g/mol. The van der Waals surface area contributed by atoms with Crippen LogP contribution in [0.25, 0.3) is 10.8 Å². The van der Waals surface area contributed by atoms with Crippen molar-refractivity contribution in [2.45, 2.75) is 38.3 Å². The van der Waals surface area contributed by atoms with Crippen molar-refractivity contribution in [3.05, 3.63) is 48.0 Å². The van der Waals surface area contributed by atoms with Crippen LogP contribution >= 0.6 is 0 Å². The molecule has 124 valence electrons. The Hall–Kier alpha value is -2.38. The fourth-order valence-electron chi connectivity index (χ4n) is 3.13. The molecule has 0 aromatic heterocycles. The van der Waals surface area contributed by atoms with Gasteiger partial charge < -0.3 is 5.32 Å². The first-order valence-corrected chi connectivity index (χ1v) is 8.57. The number of hydrogen-bond acceptors (Lipinski definition) is 3. The molecule has 2 aromatic carbocycles. The summed E-state index contributed by atoms with van der Waals surface area (Å²) in [4.78, 5) is 14.4. The predicted molar refractivity (Wildman–Crippen MR) is 95.3 cm³/mol. The maximum Gasteiger partial charge on any atom is 0.234 e. The highest BCUT2D eigenvalue weighted by Crippen LogP contribution is 2.34. The highest BCUT2D eigenvalue weighted by molar-refractivity contribution is 5.83. The molecular weight excluding hydrogens is 298 g/mol. The van der Waals surface area contributed by atoms with E-state index in [1.165, 1.54) is 16.3 Å². The van der Waals surface area contributed by atoms with Gasteiger partial charge in [-0.2, -0.15) is 5.26 Å². The van der Waals surface area contributed by atoms with Crippen LogP contribution in [0.2, 0.25) is 0 Å². The molecule has 1 N–H and O–H groups in total. The van der Waals surface area contributed by atoms with Crippen LogP contribution in [0, 0.1) is 11.3 Å². The van der Waals surface area contributed by atoms with Crippen molar-refractivity contribution in [1.29, 1.82) is 5.26 Å². The van der Waals surface area contributed by atoms with Gasteiger partial charge >= 0.3 is 0 Å². The fraction of sp³-hybridized carbons (Fsp3) is 0.400. The molecule has 4 nitrogen and oxygen atoms in total. The third kappa shape index (κ3) is 3.93. The Labute approximate surface area is 143 Å². The van der Waals surface area contributed by atoms with E-state index >= 15 is 0 Å². The Kier molecular flexibility index (Phi) is 5.12. The number of hydrogen-bond donors (Lipinski definition) is 1. The summed E-state index contributed by atoms with van der Waals surface area (Å²) >= 11 is 0. The summed E-state index contributed by atoms with van der Waals surface area (Å²) in [6.45, 7) is 2.99. The summed E-state index contributed by atoms with van der Waals surface area (Å²) in [5, 5.41) is 13.9. The Morgan fingerprint density at radius 2 is 2.04 bits per heavy atom. The van der Waals surface area contributed by atoms with Crippen LogP contribution in [-0.4, -0.2) is 29.9 Å². The van der Waals surface area contributed by atoms with Gasteiger partial charge in [0.15, 0.2) is 0 Å².